The first kappa shape index (κ1) is 14.9. The maximum Gasteiger partial charge on any atom is 0.182 e. The van der Waals surface area contributed by atoms with Crippen molar-refractivity contribution in [3.63, 3.8) is 0 Å². The molecule has 0 atom stereocenters. The van der Waals surface area contributed by atoms with Crippen molar-refractivity contribution in [2.45, 2.75) is 10.6 Å². The topological polar surface area (TPSA) is 69.4 Å². The number of anilines is 1. The predicted octanol–water partition coefficient (Wildman–Crippen LogP) is 3.01. The number of hydrogen-bond donors (Lipinski definition) is 1. The highest BCUT2D eigenvalue weighted by Gasteiger charge is 2.17. The van der Waals surface area contributed by atoms with Crippen LogP contribution in [0.4, 0.5) is 5.69 Å². The van der Waals surface area contributed by atoms with Crippen molar-refractivity contribution in [1.82, 2.24) is 0 Å². The summed E-state index contributed by atoms with van der Waals surface area (Å²) in [6.45, 7) is 0. The lowest BCUT2D eigenvalue weighted by atomic mass is 10.2. The molecule has 0 aliphatic carbocycles. The molecule has 0 amide bonds. The minimum Gasteiger partial charge on any atom is -0.497 e. The van der Waals surface area contributed by atoms with Crippen molar-refractivity contribution in [2.75, 3.05) is 12.8 Å². The molecule has 6 heteroatoms. The van der Waals surface area contributed by atoms with Gasteiger partial charge in [-0.25, -0.2) is 8.42 Å². The second-order valence-electron chi connectivity index (χ2n) is 4.28. The summed E-state index contributed by atoms with van der Waals surface area (Å²) >= 11 is 3.29. The molecule has 2 aromatic rings. The van der Waals surface area contributed by atoms with E-state index in [2.05, 4.69) is 15.9 Å². The monoisotopic (exact) mass is 355 g/mol. The zero-order valence-corrected chi connectivity index (χ0v) is 13.2. The van der Waals surface area contributed by atoms with Crippen LogP contribution >= 0.6 is 15.9 Å². The van der Waals surface area contributed by atoms with E-state index >= 15 is 0 Å². The Hall–Kier alpha value is -1.53. The van der Waals surface area contributed by atoms with E-state index in [1.165, 1.54) is 13.2 Å². The molecule has 0 aliphatic rings. The Balaban J connectivity index is 2.35. The van der Waals surface area contributed by atoms with Gasteiger partial charge in [-0.2, -0.15) is 0 Å². The fourth-order valence-electron chi connectivity index (χ4n) is 1.78. The smallest absolute Gasteiger partial charge is 0.182 e. The van der Waals surface area contributed by atoms with E-state index in [0.717, 1.165) is 4.47 Å². The van der Waals surface area contributed by atoms with Crippen molar-refractivity contribution in [3.05, 3.63) is 52.5 Å². The lowest BCUT2D eigenvalue weighted by molar-refractivity contribution is 0.413. The first-order valence-corrected chi connectivity index (χ1v) is 8.27. The van der Waals surface area contributed by atoms with E-state index in [4.69, 9.17) is 10.5 Å². The van der Waals surface area contributed by atoms with Gasteiger partial charge in [-0.05, 0) is 35.9 Å². The van der Waals surface area contributed by atoms with Crippen molar-refractivity contribution in [2.24, 2.45) is 0 Å². The Morgan fingerprint density at radius 2 is 1.95 bits per heavy atom. The number of rotatable bonds is 4. The van der Waals surface area contributed by atoms with E-state index in [0.29, 0.717) is 17.0 Å². The summed E-state index contributed by atoms with van der Waals surface area (Å²) in [7, 11) is -1.96. The van der Waals surface area contributed by atoms with Crippen LogP contribution in [0.2, 0.25) is 0 Å². The summed E-state index contributed by atoms with van der Waals surface area (Å²) in [5, 5.41) is 0. The summed E-state index contributed by atoms with van der Waals surface area (Å²) in [6.07, 6.45) is 0. The summed E-state index contributed by atoms with van der Waals surface area (Å²) in [6, 6.07) is 11.6. The second-order valence-corrected chi connectivity index (χ2v) is 7.19. The summed E-state index contributed by atoms with van der Waals surface area (Å²) < 4.78 is 30.6. The first-order valence-electron chi connectivity index (χ1n) is 5.83. The lowest BCUT2D eigenvalue weighted by Gasteiger charge is -2.09. The number of nitrogen functional groups attached to an aromatic ring is 1. The largest absolute Gasteiger partial charge is 0.497 e. The quantitative estimate of drug-likeness (QED) is 0.855. The number of nitrogens with two attached hydrogens (primary N) is 1. The molecular formula is C14H14BrNO3S. The Morgan fingerprint density at radius 3 is 2.60 bits per heavy atom. The highest BCUT2D eigenvalue weighted by atomic mass is 79.9. The molecule has 0 fully saturated rings. The predicted molar refractivity (Wildman–Crippen MR) is 82.4 cm³/mol. The second kappa shape index (κ2) is 5.85. The molecule has 2 N–H and O–H groups in total. The molecule has 2 aromatic carbocycles. The fraction of sp³-hybridized carbons (Fsp3) is 0.143. The summed E-state index contributed by atoms with van der Waals surface area (Å²) in [5.41, 5.74) is 6.87. The lowest BCUT2D eigenvalue weighted by Crippen LogP contribution is -2.07. The Labute approximate surface area is 126 Å². The van der Waals surface area contributed by atoms with Gasteiger partial charge in [-0.15, -0.1) is 0 Å². The number of halogens is 1. The van der Waals surface area contributed by atoms with Gasteiger partial charge in [-0.1, -0.05) is 28.1 Å². The van der Waals surface area contributed by atoms with Gasteiger partial charge < -0.3 is 10.5 Å². The molecule has 0 spiro atoms. The van der Waals surface area contributed by atoms with Gasteiger partial charge in [0.1, 0.15) is 5.75 Å². The zero-order chi connectivity index (χ0) is 14.8. The summed E-state index contributed by atoms with van der Waals surface area (Å²) in [4.78, 5) is 0.221. The molecule has 4 nitrogen and oxygen atoms in total. The van der Waals surface area contributed by atoms with E-state index in [1.807, 2.05) is 0 Å². The van der Waals surface area contributed by atoms with Gasteiger partial charge in [0.25, 0.3) is 0 Å². The van der Waals surface area contributed by atoms with Crippen LogP contribution in [0.5, 0.6) is 5.75 Å². The number of benzene rings is 2. The van der Waals surface area contributed by atoms with Gasteiger partial charge >= 0.3 is 0 Å². The molecule has 0 aromatic heterocycles. The SMILES string of the molecule is COc1cccc(S(=O)(=O)Cc2ccc(Br)cc2N)c1. The van der Waals surface area contributed by atoms with E-state index in [9.17, 15) is 8.42 Å². The van der Waals surface area contributed by atoms with E-state index < -0.39 is 9.84 Å². The van der Waals surface area contributed by atoms with Gasteiger partial charge in [0, 0.05) is 10.2 Å². The van der Waals surface area contributed by atoms with E-state index in [1.54, 1.807) is 36.4 Å². The highest BCUT2D eigenvalue weighted by Crippen LogP contribution is 2.25. The van der Waals surface area contributed by atoms with Crippen LogP contribution in [-0.4, -0.2) is 15.5 Å². The molecule has 2 rings (SSSR count). The maximum atomic E-state index is 12.4. The number of ether oxygens (including phenoxy) is 1. The van der Waals surface area contributed by atoms with Gasteiger partial charge in [0.2, 0.25) is 0 Å². The summed E-state index contributed by atoms with van der Waals surface area (Å²) in [5.74, 6) is 0.370. The van der Waals surface area contributed by atoms with E-state index in [-0.39, 0.29) is 10.6 Å². The molecule has 0 radical (unpaired) electrons. The molecular weight excluding hydrogens is 342 g/mol. The Bertz CT molecular complexity index is 729. The normalized spacial score (nSPS) is 11.3. The fourth-order valence-corrected chi connectivity index (χ4v) is 3.58. The van der Waals surface area contributed by atoms with Gasteiger partial charge in [0.15, 0.2) is 9.84 Å². The molecule has 0 heterocycles. The van der Waals surface area contributed by atoms with Crippen LogP contribution in [0.25, 0.3) is 0 Å². The first-order chi connectivity index (χ1) is 9.42. The standard InChI is InChI=1S/C14H14BrNO3S/c1-19-12-3-2-4-13(8-12)20(17,18)9-10-5-6-11(15)7-14(10)16/h2-8H,9,16H2,1H3. The van der Waals surface area contributed by atoms with Crippen LogP contribution in [-0.2, 0) is 15.6 Å². The Kier molecular flexibility index (Phi) is 4.35. The molecule has 0 saturated carbocycles. The van der Waals surface area contributed by atoms with Crippen molar-refractivity contribution < 1.29 is 13.2 Å². The maximum absolute atomic E-state index is 12.4. The minimum absolute atomic E-state index is 0.140. The van der Waals surface area contributed by atoms with Crippen molar-refractivity contribution in [3.8, 4) is 5.75 Å². The molecule has 0 saturated heterocycles. The highest BCUT2D eigenvalue weighted by molar-refractivity contribution is 9.10. The third kappa shape index (κ3) is 3.32. The van der Waals surface area contributed by atoms with Crippen molar-refractivity contribution in [1.29, 1.82) is 0 Å². The molecule has 0 unspecified atom stereocenters. The molecule has 106 valence electrons. The molecule has 20 heavy (non-hydrogen) atoms. The van der Waals surface area contributed by atoms with Crippen LogP contribution < -0.4 is 10.5 Å². The van der Waals surface area contributed by atoms with Crippen LogP contribution in [0.3, 0.4) is 0 Å². The minimum atomic E-state index is -3.46. The van der Waals surface area contributed by atoms with Crippen LogP contribution in [0, 0.1) is 0 Å². The zero-order valence-electron chi connectivity index (χ0n) is 10.8. The number of hydrogen-bond acceptors (Lipinski definition) is 4. The van der Waals surface area contributed by atoms with Gasteiger partial charge in [-0.3, -0.25) is 0 Å². The van der Waals surface area contributed by atoms with Crippen LogP contribution in [0.15, 0.2) is 51.8 Å². The third-order valence-electron chi connectivity index (χ3n) is 2.85. The van der Waals surface area contributed by atoms with Crippen LogP contribution in [0.1, 0.15) is 5.56 Å². The number of methoxy groups -OCH3 is 1. The Morgan fingerprint density at radius 1 is 1.20 bits per heavy atom. The van der Waals surface area contributed by atoms with Gasteiger partial charge in [0.05, 0.1) is 17.8 Å². The third-order valence-corrected chi connectivity index (χ3v) is 5.01. The van der Waals surface area contributed by atoms with Crippen molar-refractivity contribution >= 4 is 31.5 Å². The molecule has 0 aliphatic heterocycles. The average molecular weight is 356 g/mol. The average Bonchev–Trinajstić information content (AvgIpc) is 2.42. The number of sulfone groups is 1. The molecule has 0 bridgehead atoms.